The number of hydrogen-bond acceptors (Lipinski definition) is 2. The summed E-state index contributed by atoms with van der Waals surface area (Å²) < 4.78 is 27.3. The highest BCUT2D eigenvalue weighted by Gasteiger charge is 2.34. The molecule has 0 aliphatic carbocycles. The van der Waals surface area contributed by atoms with Crippen molar-refractivity contribution in [1.29, 1.82) is 0 Å². The number of para-hydroxylation sites is 2. The predicted molar refractivity (Wildman–Crippen MR) is 85.7 cm³/mol. The third kappa shape index (κ3) is 3.19. The number of hydrogen-bond donors (Lipinski definition) is 2. The van der Waals surface area contributed by atoms with Crippen LogP contribution in [0.5, 0.6) is 0 Å². The van der Waals surface area contributed by atoms with E-state index in [0.717, 1.165) is 0 Å². The van der Waals surface area contributed by atoms with Crippen molar-refractivity contribution in [2.24, 2.45) is 0 Å². The van der Waals surface area contributed by atoms with Crippen LogP contribution >= 0.6 is 0 Å². The van der Waals surface area contributed by atoms with Crippen molar-refractivity contribution in [3.8, 4) is 0 Å². The number of nitrogens with zero attached hydrogens (tertiary/aromatic N) is 1. The van der Waals surface area contributed by atoms with Gasteiger partial charge in [-0.2, -0.15) is 0 Å². The topological polar surface area (TPSA) is 61.4 Å². The van der Waals surface area contributed by atoms with Gasteiger partial charge in [-0.15, -0.1) is 0 Å². The molecular formula is C17H15F2N3O2. The second-order valence-corrected chi connectivity index (χ2v) is 5.36. The largest absolute Gasteiger partial charge is 0.326 e. The first kappa shape index (κ1) is 15.9. The zero-order valence-electron chi connectivity index (χ0n) is 12.6. The monoisotopic (exact) mass is 331 g/mol. The molecule has 0 unspecified atom stereocenters. The van der Waals surface area contributed by atoms with E-state index >= 15 is 0 Å². The summed E-state index contributed by atoms with van der Waals surface area (Å²) in [6, 6.07) is 10.2. The fourth-order valence-electron chi connectivity index (χ4n) is 2.60. The molecular weight excluding hydrogens is 316 g/mol. The molecule has 2 N–H and O–H groups in total. The number of amides is 3. The molecule has 3 rings (SSSR count). The number of benzene rings is 2. The minimum Gasteiger partial charge on any atom is -0.326 e. The fraction of sp³-hybridized carbons (Fsp3) is 0.176. The Morgan fingerprint density at radius 1 is 1.04 bits per heavy atom. The Hall–Kier alpha value is -2.96. The van der Waals surface area contributed by atoms with Gasteiger partial charge in [0.2, 0.25) is 5.91 Å². The number of urea groups is 1. The van der Waals surface area contributed by atoms with Gasteiger partial charge >= 0.3 is 6.03 Å². The van der Waals surface area contributed by atoms with Gasteiger partial charge in [-0.25, -0.2) is 13.6 Å². The third-order valence-corrected chi connectivity index (χ3v) is 3.78. The maximum atomic E-state index is 13.8. The summed E-state index contributed by atoms with van der Waals surface area (Å²) in [6.45, 7) is 0.296. The van der Waals surface area contributed by atoms with Crippen LogP contribution in [0.4, 0.5) is 25.0 Å². The molecule has 124 valence electrons. The lowest BCUT2D eigenvalue weighted by Crippen LogP contribution is -2.43. The van der Waals surface area contributed by atoms with E-state index in [1.165, 1.54) is 41.3 Å². The van der Waals surface area contributed by atoms with Crippen molar-refractivity contribution in [3.63, 3.8) is 0 Å². The van der Waals surface area contributed by atoms with Crippen molar-refractivity contribution in [3.05, 3.63) is 60.2 Å². The van der Waals surface area contributed by atoms with Gasteiger partial charge < -0.3 is 15.5 Å². The van der Waals surface area contributed by atoms with Crippen LogP contribution in [-0.4, -0.2) is 24.5 Å². The van der Waals surface area contributed by atoms with Gasteiger partial charge in [-0.1, -0.05) is 24.3 Å². The highest BCUT2D eigenvalue weighted by Crippen LogP contribution is 2.24. The summed E-state index contributed by atoms with van der Waals surface area (Å²) in [6.07, 6.45) is 0.345. The smallest absolute Gasteiger partial charge is 0.319 e. The Bertz CT molecular complexity index is 782. The van der Waals surface area contributed by atoms with Gasteiger partial charge in [0, 0.05) is 6.54 Å². The summed E-state index contributed by atoms with van der Waals surface area (Å²) in [5.41, 5.74) is 0.202. The van der Waals surface area contributed by atoms with Crippen LogP contribution in [0.3, 0.4) is 0 Å². The molecule has 0 spiro atoms. The van der Waals surface area contributed by atoms with E-state index in [1.807, 2.05) is 0 Å². The Labute approximate surface area is 137 Å². The molecule has 2 aromatic rings. The Balaban J connectivity index is 1.65. The number of carbonyl (C=O) groups is 2. The first-order valence-electron chi connectivity index (χ1n) is 7.44. The van der Waals surface area contributed by atoms with E-state index in [1.54, 1.807) is 12.1 Å². The second kappa shape index (κ2) is 6.66. The SMILES string of the molecule is O=C(Nc1ccccc1F)N[C@@H]1CCN(c2ccccc2F)C1=O. The molecule has 24 heavy (non-hydrogen) atoms. The summed E-state index contributed by atoms with van der Waals surface area (Å²) in [5.74, 6) is -1.47. The molecule has 0 bridgehead atoms. The van der Waals surface area contributed by atoms with Crippen LogP contribution < -0.4 is 15.5 Å². The zero-order chi connectivity index (χ0) is 17.1. The van der Waals surface area contributed by atoms with Crippen LogP contribution in [0.15, 0.2) is 48.5 Å². The molecule has 1 fully saturated rings. The van der Waals surface area contributed by atoms with E-state index in [-0.39, 0.29) is 11.4 Å². The average molecular weight is 331 g/mol. The highest BCUT2D eigenvalue weighted by atomic mass is 19.1. The fourth-order valence-corrected chi connectivity index (χ4v) is 2.60. The Morgan fingerprint density at radius 2 is 1.71 bits per heavy atom. The van der Waals surface area contributed by atoms with Crippen LogP contribution in [0.2, 0.25) is 0 Å². The zero-order valence-corrected chi connectivity index (χ0v) is 12.6. The lowest BCUT2D eigenvalue weighted by atomic mass is 10.2. The predicted octanol–water partition coefficient (Wildman–Crippen LogP) is 2.89. The molecule has 3 amide bonds. The van der Waals surface area contributed by atoms with Crippen molar-refractivity contribution < 1.29 is 18.4 Å². The first-order valence-corrected chi connectivity index (χ1v) is 7.44. The number of carbonyl (C=O) groups excluding carboxylic acids is 2. The quantitative estimate of drug-likeness (QED) is 0.908. The summed E-state index contributed by atoms with van der Waals surface area (Å²) >= 11 is 0. The standard InChI is InChI=1S/C17H15F2N3O2/c18-11-5-1-3-7-13(11)20-17(24)21-14-9-10-22(16(14)23)15-8-4-2-6-12(15)19/h1-8,14H,9-10H2,(H2,20,21,24)/t14-/m1/s1. The first-order chi connectivity index (χ1) is 11.6. The maximum absolute atomic E-state index is 13.8. The molecule has 1 heterocycles. The number of halogens is 2. The summed E-state index contributed by atoms with van der Waals surface area (Å²) in [4.78, 5) is 25.6. The molecule has 1 saturated heterocycles. The van der Waals surface area contributed by atoms with E-state index in [9.17, 15) is 18.4 Å². The van der Waals surface area contributed by atoms with Gasteiger partial charge in [0.15, 0.2) is 0 Å². The molecule has 5 nitrogen and oxygen atoms in total. The van der Waals surface area contributed by atoms with Crippen molar-refractivity contribution in [2.45, 2.75) is 12.5 Å². The van der Waals surface area contributed by atoms with Crippen LogP contribution in [0.1, 0.15) is 6.42 Å². The third-order valence-electron chi connectivity index (χ3n) is 3.78. The van der Waals surface area contributed by atoms with E-state index < -0.39 is 29.6 Å². The lowest BCUT2D eigenvalue weighted by Gasteiger charge is -2.18. The van der Waals surface area contributed by atoms with Gasteiger partial charge in [-0.3, -0.25) is 4.79 Å². The number of rotatable bonds is 3. The molecule has 0 saturated carbocycles. The normalized spacial score (nSPS) is 17.0. The summed E-state index contributed by atoms with van der Waals surface area (Å²) in [7, 11) is 0. The molecule has 0 aromatic heterocycles. The molecule has 7 heteroatoms. The van der Waals surface area contributed by atoms with Crippen molar-refractivity contribution in [1.82, 2.24) is 5.32 Å². The number of nitrogens with one attached hydrogen (secondary N) is 2. The Morgan fingerprint density at radius 3 is 2.42 bits per heavy atom. The second-order valence-electron chi connectivity index (χ2n) is 5.36. The van der Waals surface area contributed by atoms with Gasteiger partial charge in [0.25, 0.3) is 0 Å². The van der Waals surface area contributed by atoms with E-state index in [0.29, 0.717) is 13.0 Å². The Kier molecular flexibility index (Phi) is 4.41. The molecule has 1 atom stereocenters. The van der Waals surface area contributed by atoms with Gasteiger partial charge in [0.1, 0.15) is 17.7 Å². The van der Waals surface area contributed by atoms with Crippen molar-refractivity contribution in [2.75, 3.05) is 16.8 Å². The molecule has 1 aliphatic rings. The lowest BCUT2D eigenvalue weighted by molar-refractivity contribution is -0.118. The number of anilines is 2. The maximum Gasteiger partial charge on any atom is 0.319 e. The minimum absolute atomic E-state index is 0.0198. The molecule has 0 radical (unpaired) electrons. The van der Waals surface area contributed by atoms with E-state index in [2.05, 4.69) is 10.6 Å². The summed E-state index contributed by atoms with van der Waals surface area (Å²) in [5, 5.41) is 4.85. The van der Waals surface area contributed by atoms with Crippen LogP contribution in [-0.2, 0) is 4.79 Å². The highest BCUT2D eigenvalue weighted by molar-refractivity contribution is 6.02. The minimum atomic E-state index is -0.781. The van der Waals surface area contributed by atoms with Crippen molar-refractivity contribution >= 4 is 23.3 Å². The molecule has 2 aromatic carbocycles. The van der Waals surface area contributed by atoms with Crippen LogP contribution in [0, 0.1) is 11.6 Å². The molecule has 1 aliphatic heterocycles. The van der Waals surface area contributed by atoms with E-state index in [4.69, 9.17) is 0 Å². The van der Waals surface area contributed by atoms with Gasteiger partial charge in [-0.05, 0) is 30.7 Å². The van der Waals surface area contributed by atoms with Gasteiger partial charge in [0.05, 0.1) is 11.4 Å². The van der Waals surface area contributed by atoms with Crippen LogP contribution in [0.25, 0.3) is 0 Å². The average Bonchev–Trinajstić information content (AvgIpc) is 2.91.